The van der Waals surface area contributed by atoms with Gasteiger partial charge in [0.2, 0.25) is 0 Å². The number of pyridine rings is 1. The maximum absolute atomic E-state index is 12.7. The van der Waals surface area contributed by atoms with Gasteiger partial charge in [-0.15, -0.1) is 10.2 Å². The fourth-order valence-electron chi connectivity index (χ4n) is 2.07. The Balaban J connectivity index is 1.67. The number of nitrogens with zero attached hydrogens (tertiary/aromatic N) is 3. The molecule has 0 radical (unpaired) electrons. The van der Waals surface area contributed by atoms with Crippen LogP contribution < -0.4 is 0 Å². The summed E-state index contributed by atoms with van der Waals surface area (Å²) in [6, 6.07) is 12.6. The number of hydrogen-bond acceptors (Lipinski definition) is 4. The molecule has 3 nitrogen and oxygen atoms in total. The van der Waals surface area contributed by atoms with E-state index in [1.807, 2.05) is 18.2 Å². The van der Waals surface area contributed by atoms with E-state index in [9.17, 15) is 13.2 Å². The van der Waals surface area contributed by atoms with E-state index in [2.05, 4.69) is 15.2 Å². The highest BCUT2D eigenvalue weighted by molar-refractivity contribution is 7.98. The Bertz CT molecular complexity index is 805. The third kappa shape index (κ3) is 4.11. The normalized spacial score (nSPS) is 11.5. The lowest BCUT2D eigenvalue weighted by molar-refractivity contribution is -0.137. The standard InChI is InChI=1S/C17H12F3N3S/c18-17(19,20)14-3-1-2-12(10-14)11-24-16-5-4-15(22-23-16)13-6-8-21-9-7-13/h1-10H,11H2. The lowest BCUT2D eigenvalue weighted by Crippen LogP contribution is -2.04. The average Bonchev–Trinajstić information content (AvgIpc) is 2.61. The summed E-state index contributed by atoms with van der Waals surface area (Å²) in [5.74, 6) is 0.396. The minimum absolute atomic E-state index is 0.396. The van der Waals surface area contributed by atoms with Crippen molar-refractivity contribution >= 4 is 11.8 Å². The molecule has 2 aromatic heterocycles. The number of hydrogen-bond donors (Lipinski definition) is 0. The molecule has 2 heterocycles. The molecule has 1 aromatic carbocycles. The van der Waals surface area contributed by atoms with Crippen LogP contribution in [-0.2, 0) is 11.9 Å². The van der Waals surface area contributed by atoms with Gasteiger partial charge in [-0.3, -0.25) is 4.98 Å². The van der Waals surface area contributed by atoms with Crippen LogP contribution in [0.15, 0.2) is 66.0 Å². The van der Waals surface area contributed by atoms with E-state index in [1.165, 1.54) is 17.8 Å². The first-order valence-corrected chi connectivity index (χ1v) is 8.04. The first kappa shape index (κ1) is 16.4. The molecule has 0 saturated carbocycles. The quantitative estimate of drug-likeness (QED) is 0.633. The lowest BCUT2D eigenvalue weighted by atomic mass is 10.1. The van der Waals surface area contributed by atoms with Crippen molar-refractivity contribution in [1.82, 2.24) is 15.2 Å². The average molecular weight is 347 g/mol. The lowest BCUT2D eigenvalue weighted by Gasteiger charge is -2.08. The summed E-state index contributed by atoms with van der Waals surface area (Å²) < 4.78 is 38.1. The second-order valence-corrected chi connectivity index (χ2v) is 5.98. The molecule has 0 aliphatic heterocycles. The van der Waals surface area contributed by atoms with E-state index in [4.69, 9.17) is 0 Å². The summed E-state index contributed by atoms with van der Waals surface area (Å²) in [4.78, 5) is 3.94. The maximum atomic E-state index is 12.7. The SMILES string of the molecule is FC(F)(F)c1cccc(CSc2ccc(-c3ccncc3)nn2)c1. The fraction of sp³-hybridized carbons (Fsp3) is 0.118. The zero-order valence-corrected chi connectivity index (χ0v) is 13.2. The third-order valence-electron chi connectivity index (χ3n) is 3.26. The number of alkyl halides is 3. The number of halogens is 3. The molecule has 0 amide bonds. The van der Waals surface area contributed by atoms with Gasteiger partial charge >= 0.3 is 6.18 Å². The largest absolute Gasteiger partial charge is 0.416 e. The van der Waals surface area contributed by atoms with Gasteiger partial charge in [0.25, 0.3) is 0 Å². The molecule has 0 aliphatic carbocycles. The van der Waals surface area contributed by atoms with Crippen LogP contribution in [0.4, 0.5) is 13.2 Å². The molecule has 122 valence electrons. The van der Waals surface area contributed by atoms with Crippen LogP contribution in [0, 0.1) is 0 Å². The van der Waals surface area contributed by atoms with Gasteiger partial charge < -0.3 is 0 Å². The highest BCUT2D eigenvalue weighted by atomic mass is 32.2. The first-order chi connectivity index (χ1) is 11.5. The molecular weight excluding hydrogens is 335 g/mol. The highest BCUT2D eigenvalue weighted by Crippen LogP contribution is 2.31. The molecule has 0 bridgehead atoms. The van der Waals surface area contributed by atoms with Gasteiger partial charge in [-0.2, -0.15) is 13.2 Å². The third-order valence-corrected chi connectivity index (χ3v) is 4.25. The molecule has 0 N–H and O–H groups in total. The second-order valence-electron chi connectivity index (χ2n) is 4.98. The Morgan fingerprint density at radius 1 is 0.917 bits per heavy atom. The van der Waals surface area contributed by atoms with Gasteiger partial charge in [0.1, 0.15) is 5.03 Å². The Kier molecular flexibility index (Phi) is 4.80. The van der Waals surface area contributed by atoms with Gasteiger partial charge in [-0.1, -0.05) is 30.0 Å². The minimum atomic E-state index is -4.33. The second kappa shape index (κ2) is 7.00. The molecule has 3 rings (SSSR count). The molecule has 7 heteroatoms. The van der Waals surface area contributed by atoms with Gasteiger partial charge in [0.15, 0.2) is 0 Å². The predicted molar refractivity (Wildman–Crippen MR) is 86.3 cm³/mol. The van der Waals surface area contributed by atoms with Gasteiger partial charge in [0.05, 0.1) is 11.3 Å². The summed E-state index contributed by atoms with van der Waals surface area (Å²) in [5.41, 5.74) is 1.59. The summed E-state index contributed by atoms with van der Waals surface area (Å²) in [7, 11) is 0. The van der Waals surface area contributed by atoms with Gasteiger partial charge in [0, 0.05) is 23.7 Å². The maximum Gasteiger partial charge on any atom is 0.416 e. The van der Waals surface area contributed by atoms with E-state index in [0.29, 0.717) is 16.3 Å². The first-order valence-electron chi connectivity index (χ1n) is 7.05. The summed E-state index contributed by atoms with van der Waals surface area (Å²) in [6.07, 6.45) is -0.979. The Morgan fingerprint density at radius 3 is 2.38 bits per heavy atom. The van der Waals surface area contributed by atoms with Crippen molar-refractivity contribution in [3.05, 3.63) is 72.1 Å². The van der Waals surface area contributed by atoms with E-state index in [-0.39, 0.29) is 0 Å². The fourth-order valence-corrected chi connectivity index (χ4v) is 2.83. The van der Waals surface area contributed by atoms with Crippen molar-refractivity contribution in [1.29, 1.82) is 0 Å². The van der Waals surface area contributed by atoms with Crippen LogP contribution in [0.3, 0.4) is 0 Å². The molecule has 0 saturated heterocycles. The number of thioether (sulfide) groups is 1. The molecule has 0 aliphatic rings. The van der Waals surface area contributed by atoms with Crippen LogP contribution in [0.2, 0.25) is 0 Å². The van der Waals surface area contributed by atoms with Crippen molar-refractivity contribution in [3.8, 4) is 11.3 Å². The predicted octanol–water partition coefficient (Wildman–Crippen LogP) is 4.85. The van der Waals surface area contributed by atoms with Gasteiger partial charge in [-0.05, 0) is 35.9 Å². The summed E-state index contributed by atoms with van der Waals surface area (Å²) in [5, 5.41) is 8.91. The minimum Gasteiger partial charge on any atom is -0.265 e. The van der Waals surface area contributed by atoms with Crippen LogP contribution in [-0.4, -0.2) is 15.2 Å². The molecular formula is C17H12F3N3S. The Labute approximate surface area is 141 Å². The van der Waals surface area contributed by atoms with Crippen molar-refractivity contribution in [2.75, 3.05) is 0 Å². The van der Waals surface area contributed by atoms with Crippen molar-refractivity contribution < 1.29 is 13.2 Å². The molecule has 0 fully saturated rings. The van der Waals surface area contributed by atoms with Crippen LogP contribution >= 0.6 is 11.8 Å². The van der Waals surface area contributed by atoms with E-state index in [0.717, 1.165) is 23.4 Å². The zero-order chi connectivity index (χ0) is 17.0. The highest BCUT2D eigenvalue weighted by Gasteiger charge is 2.30. The van der Waals surface area contributed by atoms with Crippen molar-refractivity contribution in [3.63, 3.8) is 0 Å². The van der Waals surface area contributed by atoms with Crippen LogP contribution in [0.1, 0.15) is 11.1 Å². The Hall–Kier alpha value is -2.41. The number of rotatable bonds is 4. The van der Waals surface area contributed by atoms with Crippen molar-refractivity contribution in [2.24, 2.45) is 0 Å². The summed E-state index contributed by atoms with van der Waals surface area (Å²) in [6.45, 7) is 0. The van der Waals surface area contributed by atoms with Crippen molar-refractivity contribution in [2.45, 2.75) is 17.0 Å². The van der Waals surface area contributed by atoms with Crippen LogP contribution in [0.5, 0.6) is 0 Å². The monoisotopic (exact) mass is 347 g/mol. The Morgan fingerprint density at radius 2 is 1.71 bits per heavy atom. The van der Waals surface area contributed by atoms with E-state index < -0.39 is 11.7 Å². The van der Waals surface area contributed by atoms with E-state index >= 15 is 0 Å². The van der Waals surface area contributed by atoms with Gasteiger partial charge in [-0.25, -0.2) is 0 Å². The van der Waals surface area contributed by atoms with E-state index in [1.54, 1.807) is 24.5 Å². The molecule has 0 unspecified atom stereocenters. The molecule has 3 aromatic rings. The molecule has 0 spiro atoms. The zero-order valence-electron chi connectivity index (χ0n) is 12.4. The summed E-state index contributed by atoms with van der Waals surface area (Å²) >= 11 is 1.34. The smallest absolute Gasteiger partial charge is 0.265 e. The molecule has 24 heavy (non-hydrogen) atoms. The molecule has 0 atom stereocenters. The number of benzene rings is 1. The number of aromatic nitrogens is 3. The topological polar surface area (TPSA) is 38.7 Å². The van der Waals surface area contributed by atoms with Crippen LogP contribution in [0.25, 0.3) is 11.3 Å².